The van der Waals surface area contributed by atoms with Gasteiger partial charge in [0.05, 0.1) is 22.7 Å². The van der Waals surface area contributed by atoms with Crippen LogP contribution in [0.25, 0.3) is 0 Å². The van der Waals surface area contributed by atoms with Crippen LogP contribution in [0.15, 0.2) is 18.2 Å². The normalized spacial score (nSPS) is 10.3. The first-order chi connectivity index (χ1) is 9.02. The van der Waals surface area contributed by atoms with Gasteiger partial charge < -0.3 is 5.32 Å². The fourth-order valence-electron chi connectivity index (χ4n) is 1.53. The predicted octanol–water partition coefficient (Wildman–Crippen LogP) is 3.17. The molecule has 1 N–H and O–H groups in total. The second kappa shape index (κ2) is 8.00. The molecular weight excluding hydrogens is 285 g/mol. The number of hydrogen-bond acceptors (Lipinski definition) is 3. The Morgan fingerprint density at radius 3 is 2.79 bits per heavy atom. The standard InChI is InChI=1S/C13H15Cl2N3O/c1-18(7-3-2-6-16)9-13(19)17-10-4-5-11(14)12(15)8-10/h4-5,8H,2-3,7,9H2,1H3,(H,17,19). The summed E-state index contributed by atoms with van der Waals surface area (Å²) in [5, 5.41) is 12.0. The third kappa shape index (κ3) is 5.93. The quantitative estimate of drug-likeness (QED) is 0.821. The third-order valence-corrected chi connectivity index (χ3v) is 3.18. The number of anilines is 1. The fraction of sp³-hybridized carbons (Fsp3) is 0.385. The fourth-order valence-corrected chi connectivity index (χ4v) is 1.82. The molecule has 0 saturated carbocycles. The van der Waals surface area contributed by atoms with Crippen LogP contribution in [0.2, 0.25) is 10.0 Å². The number of likely N-dealkylation sites (N-methyl/N-ethyl adjacent to an activating group) is 1. The van der Waals surface area contributed by atoms with Crippen LogP contribution in [0.4, 0.5) is 5.69 Å². The molecule has 19 heavy (non-hydrogen) atoms. The van der Waals surface area contributed by atoms with Crippen molar-refractivity contribution in [3.8, 4) is 6.07 Å². The minimum atomic E-state index is -0.127. The van der Waals surface area contributed by atoms with Gasteiger partial charge in [0.25, 0.3) is 0 Å². The highest BCUT2D eigenvalue weighted by Crippen LogP contribution is 2.24. The number of rotatable bonds is 6. The van der Waals surface area contributed by atoms with Gasteiger partial charge in [-0.2, -0.15) is 5.26 Å². The van der Waals surface area contributed by atoms with Crippen LogP contribution in [0.1, 0.15) is 12.8 Å². The average Bonchev–Trinajstić information content (AvgIpc) is 2.34. The van der Waals surface area contributed by atoms with Crippen molar-refractivity contribution in [2.24, 2.45) is 0 Å². The summed E-state index contributed by atoms with van der Waals surface area (Å²) in [5.41, 5.74) is 0.616. The highest BCUT2D eigenvalue weighted by atomic mass is 35.5. The lowest BCUT2D eigenvalue weighted by atomic mass is 10.3. The van der Waals surface area contributed by atoms with Gasteiger partial charge in [-0.25, -0.2) is 0 Å². The van der Waals surface area contributed by atoms with E-state index in [1.54, 1.807) is 18.2 Å². The van der Waals surface area contributed by atoms with Crippen LogP contribution in [-0.2, 0) is 4.79 Å². The number of hydrogen-bond donors (Lipinski definition) is 1. The number of halogens is 2. The zero-order valence-corrected chi connectivity index (χ0v) is 12.1. The molecule has 1 rings (SSSR count). The van der Waals surface area contributed by atoms with Gasteiger partial charge in [0.15, 0.2) is 0 Å². The molecule has 1 aromatic rings. The maximum atomic E-state index is 11.8. The summed E-state index contributed by atoms with van der Waals surface area (Å²) < 4.78 is 0. The van der Waals surface area contributed by atoms with Crippen LogP contribution < -0.4 is 5.32 Å². The van der Waals surface area contributed by atoms with Gasteiger partial charge in [-0.05, 0) is 38.2 Å². The Hall–Kier alpha value is -1.28. The van der Waals surface area contributed by atoms with Gasteiger partial charge in [-0.15, -0.1) is 0 Å². The van der Waals surface area contributed by atoms with E-state index in [-0.39, 0.29) is 12.5 Å². The summed E-state index contributed by atoms with van der Waals surface area (Å²) in [5.74, 6) is -0.127. The van der Waals surface area contributed by atoms with Crippen molar-refractivity contribution in [1.29, 1.82) is 5.26 Å². The summed E-state index contributed by atoms with van der Waals surface area (Å²) in [6, 6.07) is 7.01. The smallest absolute Gasteiger partial charge is 0.238 e. The Morgan fingerprint density at radius 1 is 1.42 bits per heavy atom. The van der Waals surface area contributed by atoms with Crippen molar-refractivity contribution in [2.75, 3.05) is 25.5 Å². The Morgan fingerprint density at radius 2 is 2.16 bits per heavy atom. The van der Waals surface area contributed by atoms with Crippen molar-refractivity contribution in [2.45, 2.75) is 12.8 Å². The van der Waals surface area contributed by atoms with Gasteiger partial charge in [0.2, 0.25) is 5.91 Å². The zero-order chi connectivity index (χ0) is 14.3. The van der Waals surface area contributed by atoms with Crippen LogP contribution in [0.5, 0.6) is 0 Å². The SMILES string of the molecule is CN(CCCC#N)CC(=O)Nc1ccc(Cl)c(Cl)c1. The highest BCUT2D eigenvalue weighted by Gasteiger charge is 2.07. The molecule has 0 aliphatic carbocycles. The van der Waals surface area contributed by atoms with Gasteiger partial charge in [0.1, 0.15) is 0 Å². The van der Waals surface area contributed by atoms with Gasteiger partial charge in [-0.3, -0.25) is 9.69 Å². The van der Waals surface area contributed by atoms with Crippen molar-refractivity contribution >= 4 is 34.8 Å². The average molecular weight is 300 g/mol. The molecule has 0 aromatic heterocycles. The monoisotopic (exact) mass is 299 g/mol. The number of benzene rings is 1. The van der Waals surface area contributed by atoms with Gasteiger partial charge in [-0.1, -0.05) is 23.2 Å². The van der Waals surface area contributed by atoms with Crippen molar-refractivity contribution in [1.82, 2.24) is 4.90 Å². The lowest BCUT2D eigenvalue weighted by Crippen LogP contribution is -2.30. The maximum Gasteiger partial charge on any atom is 0.238 e. The van der Waals surface area contributed by atoms with E-state index in [1.807, 2.05) is 11.9 Å². The molecule has 0 aliphatic heterocycles. The first kappa shape index (κ1) is 15.8. The molecule has 0 fully saturated rings. The first-order valence-corrected chi connectivity index (χ1v) is 6.59. The molecule has 0 radical (unpaired) electrons. The van der Waals surface area contributed by atoms with E-state index in [2.05, 4.69) is 11.4 Å². The molecule has 0 atom stereocenters. The predicted molar refractivity (Wildman–Crippen MR) is 77.4 cm³/mol. The van der Waals surface area contributed by atoms with Crippen molar-refractivity contribution in [3.05, 3.63) is 28.2 Å². The lowest BCUT2D eigenvalue weighted by Gasteiger charge is -2.15. The second-order valence-corrected chi connectivity index (χ2v) is 4.99. The molecule has 0 spiro atoms. The molecule has 6 heteroatoms. The largest absolute Gasteiger partial charge is 0.325 e. The van der Waals surface area contributed by atoms with Crippen LogP contribution in [0, 0.1) is 11.3 Å². The van der Waals surface area contributed by atoms with Gasteiger partial charge >= 0.3 is 0 Å². The Bertz CT molecular complexity index is 485. The van der Waals surface area contributed by atoms with Gasteiger partial charge in [0, 0.05) is 12.1 Å². The van der Waals surface area contributed by atoms with Crippen LogP contribution in [-0.4, -0.2) is 30.9 Å². The number of nitrogens with one attached hydrogen (secondary N) is 1. The minimum Gasteiger partial charge on any atom is -0.325 e. The van der Waals surface area contributed by atoms with Crippen molar-refractivity contribution < 1.29 is 4.79 Å². The zero-order valence-electron chi connectivity index (χ0n) is 10.6. The number of unbranched alkanes of at least 4 members (excludes halogenated alkanes) is 1. The van der Waals surface area contributed by atoms with E-state index < -0.39 is 0 Å². The Kier molecular flexibility index (Phi) is 6.65. The Labute approximate surface area is 122 Å². The minimum absolute atomic E-state index is 0.127. The molecule has 1 amide bonds. The van der Waals surface area contributed by atoms with Crippen LogP contribution >= 0.6 is 23.2 Å². The van der Waals surface area contributed by atoms with E-state index in [9.17, 15) is 4.79 Å². The van der Waals surface area contributed by atoms with Crippen LogP contribution in [0.3, 0.4) is 0 Å². The highest BCUT2D eigenvalue weighted by molar-refractivity contribution is 6.42. The molecule has 1 aromatic carbocycles. The molecule has 0 heterocycles. The Balaban J connectivity index is 2.42. The molecular formula is C13H15Cl2N3O. The summed E-state index contributed by atoms with van der Waals surface area (Å²) in [4.78, 5) is 13.6. The van der Waals surface area contributed by atoms with E-state index in [0.717, 1.165) is 6.42 Å². The molecule has 0 unspecified atom stereocenters. The number of nitrogens with zero attached hydrogens (tertiary/aromatic N) is 2. The summed E-state index contributed by atoms with van der Waals surface area (Å²) in [7, 11) is 1.84. The summed E-state index contributed by atoms with van der Waals surface area (Å²) in [6.45, 7) is 0.980. The van der Waals surface area contributed by atoms with E-state index in [0.29, 0.717) is 28.7 Å². The third-order valence-electron chi connectivity index (χ3n) is 2.45. The molecule has 0 bridgehead atoms. The number of nitriles is 1. The molecule has 102 valence electrons. The summed E-state index contributed by atoms with van der Waals surface area (Å²) >= 11 is 11.7. The molecule has 0 saturated heterocycles. The second-order valence-electron chi connectivity index (χ2n) is 4.18. The van der Waals surface area contributed by atoms with E-state index >= 15 is 0 Å². The number of amides is 1. The van der Waals surface area contributed by atoms with Crippen molar-refractivity contribution in [3.63, 3.8) is 0 Å². The topological polar surface area (TPSA) is 56.1 Å². The summed E-state index contributed by atoms with van der Waals surface area (Å²) in [6.07, 6.45) is 1.26. The number of carbonyl (C=O) groups excluding carboxylic acids is 1. The van der Waals surface area contributed by atoms with E-state index in [4.69, 9.17) is 28.5 Å². The first-order valence-electron chi connectivity index (χ1n) is 5.83. The molecule has 4 nitrogen and oxygen atoms in total. The van der Waals surface area contributed by atoms with E-state index in [1.165, 1.54) is 0 Å². The maximum absolute atomic E-state index is 11.8. The number of carbonyl (C=O) groups is 1. The molecule has 0 aliphatic rings. The lowest BCUT2D eigenvalue weighted by molar-refractivity contribution is -0.117.